The summed E-state index contributed by atoms with van der Waals surface area (Å²) in [5.41, 5.74) is 8.69. The van der Waals surface area contributed by atoms with Gasteiger partial charge in [0.2, 0.25) is 5.91 Å². The Morgan fingerprint density at radius 1 is 1.17 bits per heavy atom. The summed E-state index contributed by atoms with van der Waals surface area (Å²) in [7, 11) is 0. The lowest BCUT2D eigenvalue weighted by atomic mass is 10.1. The smallest absolute Gasteiger partial charge is 0.250 e. The van der Waals surface area contributed by atoms with Gasteiger partial charge in [0.05, 0.1) is 28.9 Å². The number of nitrogens with zero attached hydrogens (tertiary/aromatic N) is 3. The first-order valence-corrected chi connectivity index (χ1v) is 10.7. The Labute approximate surface area is 180 Å². The minimum absolute atomic E-state index is 0.153. The van der Waals surface area contributed by atoms with E-state index >= 15 is 0 Å². The summed E-state index contributed by atoms with van der Waals surface area (Å²) in [6.45, 7) is 6.07. The zero-order valence-electron chi connectivity index (χ0n) is 16.6. The first-order chi connectivity index (χ1) is 13.9. The number of thioether (sulfide) groups is 1. The summed E-state index contributed by atoms with van der Waals surface area (Å²) in [6.07, 6.45) is 1.54. The van der Waals surface area contributed by atoms with E-state index in [9.17, 15) is 4.79 Å². The fourth-order valence-electron chi connectivity index (χ4n) is 3.06. The molecule has 150 valence electrons. The van der Waals surface area contributed by atoms with E-state index in [1.54, 1.807) is 16.4 Å². The lowest BCUT2D eigenvalue weighted by Crippen LogP contribution is -2.19. The highest BCUT2D eigenvalue weighted by Gasteiger charge is 2.12. The first-order valence-electron chi connectivity index (χ1n) is 9.21. The van der Waals surface area contributed by atoms with Gasteiger partial charge in [0.25, 0.3) is 0 Å². The van der Waals surface area contributed by atoms with Crippen LogP contribution in [0.15, 0.2) is 53.6 Å². The standard InChI is InChI=1S/C22H23ClN4OS/c1-15-9-16(2)11-18(10-15)13-29-14-21(28)25-24-12-20-17(3)27(26-22(20)23)19-7-5-4-6-8-19/h4-12H,13-14H2,1-3H3,(H,25,28)/b24-12-. The predicted octanol–water partition coefficient (Wildman–Crippen LogP) is 4.83. The Bertz CT molecular complexity index is 1010. The summed E-state index contributed by atoms with van der Waals surface area (Å²) in [5.74, 6) is 0.967. The number of hydrazone groups is 1. The van der Waals surface area contributed by atoms with Crippen LogP contribution >= 0.6 is 23.4 Å². The molecule has 0 aliphatic heterocycles. The Hall–Kier alpha value is -2.57. The lowest BCUT2D eigenvalue weighted by molar-refractivity contribution is -0.118. The molecule has 1 amide bonds. The molecule has 1 heterocycles. The van der Waals surface area contributed by atoms with Gasteiger partial charge in [0, 0.05) is 5.75 Å². The van der Waals surface area contributed by atoms with E-state index in [0.29, 0.717) is 16.5 Å². The van der Waals surface area contributed by atoms with Gasteiger partial charge in [0.1, 0.15) is 0 Å². The summed E-state index contributed by atoms with van der Waals surface area (Å²) < 4.78 is 1.76. The molecule has 0 fully saturated rings. The molecule has 0 spiro atoms. The number of amides is 1. The lowest BCUT2D eigenvalue weighted by Gasteiger charge is -2.05. The number of hydrogen-bond acceptors (Lipinski definition) is 4. The van der Waals surface area contributed by atoms with Crippen molar-refractivity contribution in [1.29, 1.82) is 0 Å². The predicted molar refractivity (Wildman–Crippen MR) is 121 cm³/mol. The fourth-order valence-corrected chi connectivity index (χ4v) is 4.08. The molecule has 2 aromatic carbocycles. The third-order valence-corrected chi connectivity index (χ3v) is 5.57. The van der Waals surface area contributed by atoms with Crippen LogP contribution in [-0.4, -0.2) is 27.7 Å². The second-order valence-corrected chi connectivity index (χ2v) is 8.16. The molecule has 7 heteroatoms. The van der Waals surface area contributed by atoms with Crippen molar-refractivity contribution in [1.82, 2.24) is 15.2 Å². The van der Waals surface area contributed by atoms with Crippen molar-refractivity contribution in [2.45, 2.75) is 26.5 Å². The largest absolute Gasteiger partial charge is 0.272 e. The van der Waals surface area contributed by atoms with E-state index in [1.807, 2.05) is 37.3 Å². The number of nitrogens with one attached hydrogen (secondary N) is 1. The Morgan fingerprint density at radius 3 is 2.55 bits per heavy atom. The van der Waals surface area contributed by atoms with Crippen LogP contribution in [0.25, 0.3) is 5.69 Å². The summed E-state index contributed by atoms with van der Waals surface area (Å²) in [4.78, 5) is 12.1. The average Bonchev–Trinajstić information content (AvgIpc) is 2.96. The van der Waals surface area contributed by atoms with Gasteiger partial charge in [-0.05, 0) is 38.5 Å². The SMILES string of the molecule is Cc1cc(C)cc(CSCC(=O)N/N=C\c2c(Cl)nn(-c3ccccc3)c2C)c1. The molecule has 3 rings (SSSR count). The maximum Gasteiger partial charge on any atom is 0.250 e. The molecule has 1 N–H and O–H groups in total. The zero-order valence-corrected chi connectivity index (χ0v) is 18.2. The van der Waals surface area contributed by atoms with Crippen LogP contribution in [0.4, 0.5) is 0 Å². The normalized spacial score (nSPS) is 11.2. The molecule has 0 bridgehead atoms. The van der Waals surface area contributed by atoms with Gasteiger partial charge < -0.3 is 0 Å². The van der Waals surface area contributed by atoms with Crippen LogP contribution in [0.2, 0.25) is 5.15 Å². The Balaban J connectivity index is 1.54. The Morgan fingerprint density at radius 2 is 1.86 bits per heavy atom. The highest BCUT2D eigenvalue weighted by molar-refractivity contribution is 7.99. The quantitative estimate of drug-likeness (QED) is 0.434. The van der Waals surface area contributed by atoms with Crippen LogP contribution in [0.5, 0.6) is 0 Å². The average molecular weight is 427 g/mol. The molecule has 0 saturated carbocycles. The van der Waals surface area contributed by atoms with E-state index in [-0.39, 0.29) is 5.91 Å². The topological polar surface area (TPSA) is 59.3 Å². The summed E-state index contributed by atoms with van der Waals surface area (Å²) >= 11 is 7.81. The number of para-hydroxylation sites is 1. The second kappa shape index (κ2) is 9.76. The van der Waals surface area contributed by atoms with Crippen LogP contribution in [0.3, 0.4) is 0 Å². The minimum atomic E-state index is -0.153. The van der Waals surface area contributed by atoms with E-state index in [0.717, 1.165) is 17.1 Å². The van der Waals surface area contributed by atoms with E-state index in [1.165, 1.54) is 22.9 Å². The van der Waals surface area contributed by atoms with Crippen molar-refractivity contribution in [3.63, 3.8) is 0 Å². The number of rotatable bonds is 7. The number of aromatic nitrogens is 2. The number of carbonyl (C=O) groups is 1. The molecular weight excluding hydrogens is 404 g/mol. The van der Waals surface area contributed by atoms with Gasteiger partial charge in [-0.25, -0.2) is 10.1 Å². The van der Waals surface area contributed by atoms with Crippen molar-refractivity contribution in [2.24, 2.45) is 5.10 Å². The number of aryl methyl sites for hydroxylation is 2. The third kappa shape index (κ3) is 5.71. The van der Waals surface area contributed by atoms with Crippen LogP contribution < -0.4 is 5.43 Å². The van der Waals surface area contributed by atoms with Crippen molar-refractivity contribution in [3.05, 3.63) is 81.6 Å². The van der Waals surface area contributed by atoms with Crippen molar-refractivity contribution in [2.75, 3.05) is 5.75 Å². The molecule has 3 aromatic rings. The molecule has 0 atom stereocenters. The van der Waals surface area contributed by atoms with Crippen LogP contribution in [-0.2, 0) is 10.5 Å². The number of hydrogen-bond donors (Lipinski definition) is 1. The number of benzene rings is 2. The first kappa shape index (κ1) is 21.1. The highest BCUT2D eigenvalue weighted by Crippen LogP contribution is 2.20. The maximum absolute atomic E-state index is 12.1. The zero-order chi connectivity index (χ0) is 20.8. The third-order valence-electron chi connectivity index (χ3n) is 4.28. The minimum Gasteiger partial charge on any atom is -0.272 e. The van der Waals surface area contributed by atoms with E-state index in [4.69, 9.17) is 11.6 Å². The molecule has 29 heavy (non-hydrogen) atoms. The molecule has 0 unspecified atom stereocenters. The van der Waals surface area contributed by atoms with Crippen molar-refractivity contribution in [3.8, 4) is 5.69 Å². The molecule has 0 radical (unpaired) electrons. The maximum atomic E-state index is 12.1. The summed E-state index contributed by atoms with van der Waals surface area (Å²) in [6, 6.07) is 16.2. The molecule has 0 aliphatic rings. The molecule has 1 aromatic heterocycles. The van der Waals surface area contributed by atoms with Gasteiger partial charge in [-0.1, -0.05) is 59.1 Å². The van der Waals surface area contributed by atoms with Gasteiger partial charge in [-0.15, -0.1) is 11.8 Å². The van der Waals surface area contributed by atoms with Crippen molar-refractivity contribution >= 4 is 35.5 Å². The molecule has 0 saturated heterocycles. The number of carbonyl (C=O) groups excluding carboxylic acids is 1. The molecular formula is C22H23ClN4OS. The van der Waals surface area contributed by atoms with E-state index in [2.05, 4.69) is 47.7 Å². The van der Waals surface area contributed by atoms with Crippen molar-refractivity contribution < 1.29 is 4.79 Å². The van der Waals surface area contributed by atoms with Crippen LogP contribution in [0, 0.1) is 20.8 Å². The van der Waals surface area contributed by atoms with Gasteiger partial charge in [0.15, 0.2) is 5.15 Å². The van der Waals surface area contributed by atoms with Crippen LogP contribution in [0.1, 0.15) is 27.9 Å². The Kier molecular flexibility index (Phi) is 7.12. The van der Waals surface area contributed by atoms with Gasteiger partial charge in [-0.3, -0.25) is 4.79 Å². The highest BCUT2D eigenvalue weighted by atomic mass is 35.5. The molecule has 5 nitrogen and oxygen atoms in total. The number of halogens is 1. The van der Waals surface area contributed by atoms with Gasteiger partial charge >= 0.3 is 0 Å². The van der Waals surface area contributed by atoms with E-state index < -0.39 is 0 Å². The molecule has 0 aliphatic carbocycles. The second-order valence-electron chi connectivity index (χ2n) is 6.82. The summed E-state index contributed by atoms with van der Waals surface area (Å²) in [5, 5.41) is 8.74. The monoisotopic (exact) mass is 426 g/mol. The fraction of sp³-hybridized carbons (Fsp3) is 0.227. The van der Waals surface area contributed by atoms with Gasteiger partial charge in [-0.2, -0.15) is 10.2 Å².